The molecular formula is C14H31N3O. The Kier molecular flexibility index (Phi) is 8.20. The highest BCUT2D eigenvalue weighted by Gasteiger charge is 2.32. The molecule has 18 heavy (non-hydrogen) atoms. The second-order valence-corrected chi connectivity index (χ2v) is 5.46. The number of likely N-dealkylation sites (N-methyl/N-ethyl adjacent to an activating group) is 1. The summed E-state index contributed by atoms with van der Waals surface area (Å²) in [5.74, 6) is 0.381. The van der Waals surface area contributed by atoms with Crippen molar-refractivity contribution in [2.75, 3.05) is 26.2 Å². The summed E-state index contributed by atoms with van der Waals surface area (Å²) in [6.07, 6.45) is 2.16. The van der Waals surface area contributed by atoms with Crippen molar-refractivity contribution in [2.24, 2.45) is 11.7 Å². The molecule has 0 saturated heterocycles. The van der Waals surface area contributed by atoms with Gasteiger partial charge in [0.25, 0.3) is 0 Å². The molecule has 2 atom stereocenters. The molecule has 0 saturated carbocycles. The second kappa shape index (κ2) is 8.48. The lowest BCUT2D eigenvalue weighted by Gasteiger charge is -2.34. The largest absolute Gasteiger partial charge is 0.368 e. The zero-order chi connectivity index (χ0) is 14.2. The van der Waals surface area contributed by atoms with Gasteiger partial charge in [0.2, 0.25) is 5.91 Å². The summed E-state index contributed by atoms with van der Waals surface area (Å²) in [4.78, 5) is 14.0. The molecule has 0 aliphatic rings. The number of nitrogens with zero attached hydrogens (tertiary/aromatic N) is 1. The van der Waals surface area contributed by atoms with E-state index in [1.807, 2.05) is 6.92 Å². The minimum absolute atomic E-state index is 0.265. The normalized spacial score (nSPS) is 16.6. The Morgan fingerprint density at radius 1 is 1.39 bits per heavy atom. The lowest BCUT2D eigenvalue weighted by molar-refractivity contribution is -0.124. The monoisotopic (exact) mass is 257 g/mol. The molecule has 4 heteroatoms. The van der Waals surface area contributed by atoms with Crippen molar-refractivity contribution in [1.29, 1.82) is 0 Å². The van der Waals surface area contributed by atoms with Gasteiger partial charge in [-0.2, -0.15) is 0 Å². The molecule has 0 spiro atoms. The molecule has 108 valence electrons. The zero-order valence-electron chi connectivity index (χ0n) is 12.8. The SMILES string of the molecule is CCCNC(C)(CN(CC)CC(C)CC)C(N)=O. The molecule has 4 nitrogen and oxygen atoms in total. The molecular weight excluding hydrogens is 226 g/mol. The molecule has 0 aliphatic heterocycles. The van der Waals surface area contributed by atoms with E-state index >= 15 is 0 Å². The van der Waals surface area contributed by atoms with Crippen molar-refractivity contribution in [3.63, 3.8) is 0 Å². The third-order valence-corrected chi connectivity index (χ3v) is 3.56. The van der Waals surface area contributed by atoms with Crippen LogP contribution in [0.15, 0.2) is 0 Å². The van der Waals surface area contributed by atoms with Crippen LogP contribution in [0.3, 0.4) is 0 Å². The van der Waals surface area contributed by atoms with Crippen molar-refractivity contribution in [1.82, 2.24) is 10.2 Å². The number of hydrogen-bond donors (Lipinski definition) is 2. The van der Waals surface area contributed by atoms with Crippen molar-refractivity contribution < 1.29 is 4.79 Å². The first-order valence-electron chi connectivity index (χ1n) is 7.16. The number of amides is 1. The Morgan fingerprint density at radius 2 is 2.00 bits per heavy atom. The number of rotatable bonds is 10. The van der Waals surface area contributed by atoms with E-state index in [9.17, 15) is 4.79 Å². The summed E-state index contributed by atoms with van der Waals surface area (Å²) >= 11 is 0. The van der Waals surface area contributed by atoms with Crippen LogP contribution in [-0.4, -0.2) is 42.5 Å². The van der Waals surface area contributed by atoms with E-state index in [2.05, 4.69) is 37.9 Å². The molecule has 0 fully saturated rings. The van der Waals surface area contributed by atoms with Gasteiger partial charge < -0.3 is 16.0 Å². The van der Waals surface area contributed by atoms with E-state index in [0.29, 0.717) is 12.5 Å². The molecule has 1 amide bonds. The summed E-state index contributed by atoms with van der Waals surface area (Å²) in [6, 6.07) is 0. The van der Waals surface area contributed by atoms with Crippen LogP contribution in [0.2, 0.25) is 0 Å². The highest BCUT2D eigenvalue weighted by Crippen LogP contribution is 2.10. The Hall–Kier alpha value is -0.610. The van der Waals surface area contributed by atoms with E-state index < -0.39 is 5.54 Å². The summed E-state index contributed by atoms with van der Waals surface area (Å²) in [7, 11) is 0. The highest BCUT2D eigenvalue weighted by atomic mass is 16.1. The van der Waals surface area contributed by atoms with Gasteiger partial charge in [0.1, 0.15) is 5.54 Å². The van der Waals surface area contributed by atoms with Crippen molar-refractivity contribution in [3.8, 4) is 0 Å². The van der Waals surface area contributed by atoms with Gasteiger partial charge in [-0.05, 0) is 32.4 Å². The van der Waals surface area contributed by atoms with Gasteiger partial charge in [0.05, 0.1) is 0 Å². The standard InChI is InChI=1S/C14H31N3O/c1-6-9-16-14(5,13(15)18)11-17(8-3)10-12(4)7-2/h12,16H,6-11H2,1-5H3,(H2,15,18). The molecule has 3 N–H and O–H groups in total. The van der Waals surface area contributed by atoms with Crippen LogP contribution in [0.5, 0.6) is 0 Å². The Bertz CT molecular complexity index is 245. The molecule has 0 aromatic heterocycles. The maximum atomic E-state index is 11.7. The van der Waals surface area contributed by atoms with E-state index in [4.69, 9.17) is 5.73 Å². The predicted octanol–water partition coefficient (Wildman–Crippen LogP) is 1.60. The third kappa shape index (κ3) is 5.83. The smallest absolute Gasteiger partial charge is 0.238 e. The molecule has 0 aliphatic carbocycles. The van der Waals surface area contributed by atoms with Crippen molar-refractivity contribution in [2.45, 2.75) is 53.0 Å². The quantitative estimate of drug-likeness (QED) is 0.625. The first-order chi connectivity index (χ1) is 8.39. The van der Waals surface area contributed by atoms with Crippen LogP contribution in [-0.2, 0) is 4.79 Å². The number of carbonyl (C=O) groups excluding carboxylic acids is 1. The topological polar surface area (TPSA) is 58.4 Å². The summed E-state index contributed by atoms with van der Waals surface area (Å²) in [5, 5.41) is 3.29. The average molecular weight is 257 g/mol. The van der Waals surface area contributed by atoms with E-state index in [1.165, 1.54) is 0 Å². The highest BCUT2D eigenvalue weighted by molar-refractivity contribution is 5.84. The first kappa shape index (κ1) is 17.4. The van der Waals surface area contributed by atoms with Gasteiger partial charge >= 0.3 is 0 Å². The number of carbonyl (C=O) groups is 1. The molecule has 2 unspecified atom stereocenters. The summed E-state index contributed by atoms with van der Waals surface area (Å²) in [5.41, 5.74) is 4.92. The average Bonchev–Trinajstić information content (AvgIpc) is 2.35. The molecule has 0 aromatic rings. The van der Waals surface area contributed by atoms with Gasteiger partial charge in [-0.1, -0.05) is 34.1 Å². The molecule has 0 radical (unpaired) electrons. The minimum atomic E-state index is -0.626. The summed E-state index contributed by atoms with van der Waals surface area (Å²) < 4.78 is 0. The van der Waals surface area contributed by atoms with Crippen LogP contribution in [0.4, 0.5) is 0 Å². The van der Waals surface area contributed by atoms with Gasteiger partial charge in [0.15, 0.2) is 0 Å². The molecule has 0 heterocycles. The van der Waals surface area contributed by atoms with Crippen LogP contribution in [0.25, 0.3) is 0 Å². The van der Waals surface area contributed by atoms with Crippen LogP contribution in [0.1, 0.15) is 47.5 Å². The van der Waals surface area contributed by atoms with Gasteiger partial charge in [-0.3, -0.25) is 4.79 Å². The Morgan fingerprint density at radius 3 is 2.39 bits per heavy atom. The number of primary amides is 1. The zero-order valence-corrected chi connectivity index (χ0v) is 12.8. The number of nitrogens with one attached hydrogen (secondary N) is 1. The lowest BCUT2D eigenvalue weighted by atomic mass is 9.99. The van der Waals surface area contributed by atoms with Gasteiger partial charge in [0, 0.05) is 13.1 Å². The van der Waals surface area contributed by atoms with Crippen LogP contribution >= 0.6 is 0 Å². The van der Waals surface area contributed by atoms with Crippen LogP contribution in [0, 0.1) is 5.92 Å². The van der Waals surface area contributed by atoms with E-state index in [0.717, 1.165) is 32.5 Å². The Balaban J connectivity index is 4.57. The fraction of sp³-hybridized carbons (Fsp3) is 0.929. The summed E-state index contributed by atoms with van der Waals surface area (Å²) in [6.45, 7) is 14.0. The van der Waals surface area contributed by atoms with E-state index in [-0.39, 0.29) is 5.91 Å². The third-order valence-electron chi connectivity index (χ3n) is 3.56. The maximum absolute atomic E-state index is 11.7. The van der Waals surface area contributed by atoms with E-state index in [1.54, 1.807) is 0 Å². The maximum Gasteiger partial charge on any atom is 0.238 e. The van der Waals surface area contributed by atoms with Crippen molar-refractivity contribution >= 4 is 5.91 Å². The molecule has 0 bridgehead atoms. The fourth-order valence-corrected chi connectivity index (χ4v) is 1.94. The minimum Gasteiger partial charge on any atom is -0.368 e. The molecule has 0 aromatic carbocycles. The van der Waals surface area contributed by atoms with Gasteiger partial charge in [-0.15, -0.1) is 0 Å². The molecule has 0 rings (SSSR count). The Labute approximate surface area is 112 Å². The predicted molar refractivity (Wildman–Crippen MR) is 77.5 cm³/mol. The first-order valence-corrected chi connectivity index (χ1v) is 7.16. The number of nitrogens with two attached hydrogens (primary N) is 1. The van der Waals surface area contributed by atoms with Gasteiger partial charge in [-0.25, -0.2) is 0 Å². The van der Waals surface area contributed by atoms with Crippen molar-refractivity contribution in [3.05, 3.63) is 0 Å². The number of hydrogen-bond acceptors (Lipinski definition) is 3. The fourth-order valence-electron chi connectivity index (χ4n) is 1.94. The lowest BCUT2D eigenvalue weighted by Crippen LogP contribution is -2.60. The van der Waals surface area contributed by atoms with Crippen LogP contribution < -0.4 is 11.1 Å². The second-order valence-electron chi connectivity index (χ2n) is 5.46.